The molecule has 12 heteroatoms. The second kappa shape index (κ2) is 8.86. The highest BCUT2D eigenvalue weighted by Crippen LogP contribution is 2.35. The molecule has 4 atom stereocenters. The van der Waals surface area contributed by atoms with E-state index in [1.807, 2.05) is 0 Å². The van der Waals surface area contributed by atoms with Crippen molar-refractivity contribution in [3.8, 4) is 0 Å². The number of esters is 3. The van der Waals surface area contributed by atoms with Gasteiger partial charge in [0.1, 0.15) is 12.7 Å². The van der Waals surface area contributed by atoms with Gasteiger partial charge in [-0.3, -0.25) is 20.0 Å². The second-order valence-corrected chi connectivity index (χ2v) is 7.50. The van der Waals surface area contributed by atoms with E-state index in [-0.39, 0.29) is 12.4 Å². The molecule has 31 heavy (non-hydrogen) atoms. The van der Waals surface area contributed by atoms with Crippen LogP contribution in [0.5, 0.6) is 0 Å². The van der Waals surface area contributed by atoms with E-state index in [0.29, 0.717) is 12.3 Å². The van der Waals surface area contributed by atoms with E-state index >= 15 is 0 Å². The fraction of sp³-hybridized carbons (Fsp3) is 0.526. The molecule has 2 N–H and O–H groups in total. The summed E-state index contributed by atoms with van der Waals surface area (Å²) in [4.78, 5) is 52.1. The Hall–Kier alpha value is -3.25. The number of ether oxygens (including phenoxy) is 4. The summed E-state index contributed by atoms with van der Waals surface area (Å²) in [5.41, 5.74) is 0.939. The third kappa shape index (κ3) is 4.59. The van der Waals surface area contributed by atoms with Crippen LogP contribution in [0, 0.1) is 5.92 Å². The predicted molar refractivity (Wildman–Crippen MR) is 99.6 cm³/mol. The zero-order chi connectivity index (χ0) is 22.0. The Bertz CT molecular complexity index is 955. The van der Waals surface area contributed by atoms with Gasteiger partial charge in [0.2, 0.25) is 0 Å². The molecule has 12 nitrogen and oxygen atoms in total. The van der Waals surface area contributed by atoms with Gasteiger partial charge < -0.3 is 18.9 Å². The van der Waals surface area contributed by atoms with Gasteiger partial charge in [-0.2, -0.15) is 4.98 Å². The van der Waals surface area contributed by atoms with E-state index in [9.17, 15) is 19.2 Å². The van der Waals surface area contributed by atoms with Gasteiger partial charge in [0.15, 0.2) is 24.3 Å². The fourth-order valence-corrected chi connectivity index (χ4v) is 3.65. The predicted octanol–water partition coefficient (Wildman–Crippen LogP) is 0.0686. The molecule has 0 unspecified atom stereocenters. The molecule has 1 aromatic heterocycles. The van der Waals surface area contributed by atoms with Crippen LogP contribution in [0.3, 0.4) is 0 Å². The van der Waals surface area contributed by atoms with Gasteiger partial charge in [-0.05, 0) is 24.8 Å². The lowest BCUT2D eigenvalue weighted by Gasteiger charge is -2.26. The lowest BCUT2D eigenvalue weighted by molar-refractivity contribution is -0.165. The minimum Gasteiger partial charge on any atom is -0.463 e. The highest BCUT2D eigenvalue weighted by atomic mass is 16.7. The van der Waals surface area contributed by atoms with Crippen molar-refractivity contribution in [2.24, 2.45) is 5.92 Å². The Morgan fingerprint density at radius 1 is 1.19 bits per heavy atom. The van der Waals surface area contributed by atoms with E-state index in [2.05, 4.69) is 4.98 Å². The van der Waals surface area contributed by atoms with Crippen LogP contribution in [0.15, 0.2) is 29.2 Å². The SMILES string of the molecule is O=C1/C=C\C(=O)O[C@H]2[C@@H](O1)[C@H](n1ccc(NO)nc1=O)O[C@@H]2COC(=O)CC1CCC1. The van der Waals surface area contributed by atoms with Crippen LogP contribution < -0.4 is 11.2 Å². The molecule has 4 rings (SSSR count). The van der Waals surface area contributed by atoms with Crippen LogP contribution >= 0.6 is 0 Å². The van der Waals surface area contributed by atoms with Crippen LogP contribution in [0.2, 0.25) is 0 Å². The summed E-state index contributed by atoms with van der Waals surface area (Å²) in [5, 5.41) is 8.91. The number of nitrogens with one attached hydrogen (secondary N) is 1. The largest absolute Gasteiger partial charge is 0.463 e. The van der Waals surface area contributed by atoms with E-state index in [1.165, 1.54) is 12.3 Å². The van der Waals surface area contributed by atoms with Crippen molar-refractivity contribution in [2.45, 2.75) is 50.2 Å². The monoisotopic (exact) mass is 435 g/mol. The Kier molecular flexibility index (Phi) is 6.00. The number of aromatic nitrogens is 2. The summed E-state index contributed by atoms with van der Waals surface area (Å²) < 4.78 is 22.9. The average molecular weight is 435 g/mol. The Morgan fingerprint density at radius 3 is 2.52 bits per heavy atom. The number of anilines is 1. The first-order valence-electron chi connectivity index (χ1n) is 9.84. The van der Waals surface area contributed by atoms with Gasteiger partial charge >= 0.3 is 23.6 Å². The minimum atomic E-state index is -1.20. The molecule has 0 aromatic carbocycles. The molecule has 1 saturated carbocycles. The van der Waals surface area contributed by atoms with E-state index in [0.717, 1.165) is 36.0 Å². The molecular formula is C19H21N3O9. The maximum absolute atomic E-state index is 12.4. The first kappa shape index (κ1) is 21.0. The summed E-state index contributed by atoms with van der Waals surface area (Å²) in [7, 11) is 0. The maximum atomic E-state index is 12.4. The van der Waals surface area contributed by atoms with Crippen molar-refractivity contribution in [3.63, 3.8) is 0 Å². The van der Waals surface area contributed by atoms with Gasteiger partial charge in [-0.1, -0.05) is 6.42 Å². The standard InChI is InChI=1S/C19H21N3O9/c23-13-4-5-14(24)31-17-16(30-13)11(9-28-15(25)8-10-2-1-3-10)29-18(17)22-7-6-12(21-27)20-19(22)26/h4-7,10-11,16-18,27H,1-3,8-9H2,(H,20,21,26)/b5-4-/t11-,16-,17-,18-/m1/s1. The molecule has 2 aliphatic heterocycles. The molecule has 3 aliphatic rings. The molecule has 0 radical (unpaired) electrons. The van der Waals surface area contributed by atoms with E-state index in [4.69, 9.17) is 24.2 Å². The van der Waals surface area contributed by atoms with Crippen LogP contribution in [-0.2, 0) is 33.3 Å². The first-order chi connectivity index (χ1) is 14.9. The molecule has 0 amide bonds. The third-order valence-corrected chi connectivity index (χ3v) is 5.45. The number of fused-ring (bicyclic) bond motifs is 1. The van der Waals surface area contributed by atoms with Crippen LogP contribution in [-0.4, -0.2) is 57.6 Å². The third-order valence-electron chi connectivity index (χ3n) is 5.45. The number of carbonyl (C=O) groups is 3. The molecule has 1 saturated heterocycles. The molecule has 3 heterocycles. The zero-order valence-electron chi connectivity index (χ0n) is 16.3. The summed E-state index contributed by atoms with van der Waals surface area (Å²) in [6, 6.07) is 1.29. The van der Waals surface area contributed by atoms with Crippen molar-refractivity contribution < 1.29 is 38.5 Å². The van der Waals surface area contributed by atoms with Crippen molar-refractivity contribution in [2.75, 3.05) is 12.1 Å². The minimum absolute atomic E-state index is 0.0960. The summed E-state index contributed by atoms with van der Waals surface area (Å²) >= 11 is 0. The van der Waals surface area contributed by atoms with Crippen LogP contribution in [0.1, 0.15) is 31.9 Å². The van der Waals surface area contributed by atoms with Crippen molar-refractivity contribution in [3.05, 3.63) is 34.9 Å². The second-order valence-electron chi connectivity index (χ2n) is 7.50. The fourth-order valence-electron chi connectivity index (χ4n) is 3.65. The van der Waals surface area contributed by atoms with E-state index < -0.39 is 48.1 Å². The summed E-state index contributed by atoms with van der Waals surface area (Å²) in [5.74, 6) is -1.81. The highest BCUT2D eigenvalue weighted by molar-refractivity contribution is 5.92. The Labute approximate surface area is 175 Å². The molecule has 0 bridgehead atoms. The van der Waals surface area contributed by atoms with Gasteiger partial charge in [-0.25, -0.2) is 14.4 Å². The number of hydrogen-bond acceptors (Lipinski definition) is 11. The highest BCUT2D eigenvalue weighted by Gasteiger charge is 2.51. The van der Waals surface area contributed by atoms with Crippen molar-refractivity contribution in [1.29, 1.82) is 0 Å². The zero-order valence-corrected chi connectivity index (χ0v) is 16.3. The van der Waals surface area contributed by atoms with Crippen LogP contribution in [0.25, 0.3) is 0 Å². The maximum Gasteiger partial charge on any atom is 0.351 e. The van der Waals surface area contributed by atoms with Crippen molar-refractivity contribution in [1.82, 2.24) is 9.55 Å². The molecule has 0 spiro atoms. The van der Waals surface area contributed by atoms with Gasteiger partial charge in [0.25, 0.3) is 0 Å². The van der Waals surface area contributed by atoms with E-state index in [1.54, 1.807) is 5.48 Å². The number of rotatable bonds is 6. The Morgan fingerprint density at radius 2 is 1.90 bits per heavy atom. The quantitative estimate of drug-likeness (QED) is 0.354. The van der Waals surface area contributed by atoms with Crippen molar-refractivity contribution >= 4 is 23.7 Å². The summed E-state index contributed by atoms with van der Waals surface area (Å²) in [6.07, 6.45) is 1.95. The topological polar surface area (TPSA) is 155 Å². The molecule has 2 fully saturated rings. The molecule has 1 aliphatic carbocycles. The number of nitrogens with zero attached hydrogens (tertiary/aromatic N) is 2. The molecule has 166 valence electrons. The van der Waals surface area contributed by atoms with Gasteiger partial charge in [-0.15, -0.1) is 0 Å². The summed E-state index contributed by atoms with van der Waals surface area (Å²) in [6.45, 7) is -0.254. The molecular weight excluding hydrogens is 414 g/mol. The Balaban J connectivity index is 1.56. The molecule has 1 aromatic rings. The smallest absolute Gasteiger partial charge is 0.351 e. The first-order valence-corrected chi connectivity index (χ1v) is 9.84. The van der Waals surface area contributed by atoms with Crippen LogP contribution in [0.4, 0.5) is 5.82 Å². The lowest BCUT2D eigenvalue weighted by Crippen LogP contribution is -2.43. The normalized spacial score (nSPS) is 28.9. The number of carbonyl (C=O) groups excluding carboxylic acids is 3. The number of hydrogen-bond donors (Lipinski definition) is 2. The average Bonchev–Trinajstić information content (AvgIpc) is 3.02. The van der Waals surface area contributed by atoms with Gasteiger partial charge in [0, 0.05) is 24.8 Å². The lowest BCUT2D eigenvalue weighted by atomic mass is 9.83. The van der Waals surface area contributed by atoms with Gasteiger partial charge in [0.05, 0.1) is 0 Å².